The number of carbonyl (C=O) groups is 1. The van der Waals surface area contributed by atoms with Crippen molar-refractivity contribution in [1.82, 2.24) is 19.4 Å². The number of carbonyl (C=O) groups excluding carboxylic acids is 1. The Morgan fingerprint density at radius 2 is 1.97 bits per heavy atom. The maximum absolute atomic E-state index is 13.3. The summed E-state index contributed by atoms with van der Waals surface area (Å²) >= 11 is 0. The molecule has 1 saturated heterocycles. The molecular weight excluding hydrogens is 407 g/mol. The first kappa shape index (κ1) is 20.4. The molecule has 0 saturated carbocycles. The Balaban J connectivity index is 1.35. The molecule has 4 aromatic rings. The molecule has 6 nitrogen and oxygen atoms in total. The lowest BCUT2D eigenvalue weighted by Crippen LogP contribution is -2.40. The fourth-order valence-corrected chi connectivity index (χ4v) is 4.47. The number of aromatic nitrogens is 3. The number of fused-ring (bicyclic) bond motifs is 1. The predicted octanol–water partition coefficient (Wildman–Crippen LogP) is 4.82. The minimum Gasteiger partial charge on any atom is -0.443 e. The summed E-state index contributed by atoms with van der Waals surface area (Å²) in [6.07, 6.45) is 5.07. The quantitative estimate of drug-likeness (QED) is 0.454. The van der Waals surface area contributed by atoms with Crippen LogP contribution in [0.2, 0.25) is 0 Å². The van der Waals surface area contributed by atoms with Gasteiger partial charge in [-0.25, -0.2) is 14.4 Å². The van der Waals surface area contributed by atoms with Gasteiger partial charge in [-0.15, -0.1) is 0 Å². The van der Waals surface area contributed by atoms with Crippen LogP contribution in [0.15, 0.2) is 59.1 Å². The zero-order valence-electron chi connectivity index (χ0n) is 18.0. The van der Waals surface area contributed by atoms with E-state index in [2.05, 4.69) is 9.97 Å². The molecule has 1 fully saturated rings. The van der Waals surface area contributed by atoms with Crippen molar-refractivity contribution < 1.29 is 13.6 Å². The molecule has 0 spiro atoms. The number of hydrogen-bond acceptors (Lipinski definition) is 4. The Labute approximate surface area is 185 Å². The number of piperidine rings is 1. The second-order valence-corrected chi connectivity index (χ2v) is 8.30. The zero-order valence-corrected chi connectivity index (χ0v) is 18.0. The number of oxazole rings is 1. The summed E-state index contributed by atoms with van der Waals surface area (Å²) in [6, 6.07) is 14.1. The maximum atomic E-state index is 13.3. The van der Waals surface area contributed by atoms with Crippen molar-refractivity contribution in [2.75, 3.05) is 6.54 Å². The fourth-order valence-electron chi connectivity index (χ4n) is 4.47. The van der Waals surface area contributed by atoms with Crippen LogP contribution >= 0.6 is 0 Å². The highest BCUT2D eigenvalue weighted by atomic mass is 19.1. The van der Waals surface area contributed by atoms with Crippen LogP contribution in [0.1, 0.15) is 48.3 Å². The van der Waals surface area contributed by atoms with E-state index in [0.717, 1.165) is 41.7 Å². The standard InChI is InChI=1S/C25H25FN4O2/c1-17-28-21-6-2-3-7-22(21)30(17)16-24(31)29-13-5-4-8-23(29)25-27-15-20(32-25)14-18-9-11-19(26)12-10-18/h2-3,6-7,9-12,15,23H,4-5,8,13-14,16H2,1H3/t23-/m0/s1. The van der Waals surface area contributed by atoms with Crippen molar-refractivity contribution in [1.29, 1.82) is 0 Å². The van der Waals surface area contributed by atoms with Gasteiger partial charge in [0.2, 0.25) is 11.8 Å². The van der Waals surface area contributed by atoms with Crippen molar-refractivity contribution >= 4 is 16.9 Å². The van der Waals surface area contributed by atoms with Gasteiger partial charge in [0.15, 0.2) is 0 Å². The highest BCUT2D eigenvalue weighted by Crippen LogP contribution is 2.31. The monoisotopic (exact) mass is 432 g/mol. The molecule has 1 atom stereocenters. The first-order valence-corrected chi connectivity index (χ1v) is 11.0. The third kappa shape index (κ3) is 4.02. The summed E-state index contributed by atoms with van der Waals surface area (Å²) in [7, 11) is 0. The first-order valence-electron chi connectivity index (χ1n) is 11.0. The summed E-state index contributed by atoms with van der Waals surface area (Å²) < 4.78 is 21.2. The average molecular weight is 432 g/mol. The van der Waals surface area contributed by atoms with Crippen LogP contribution in [0.4, 0.5) is 4.39 Å². The number of aryl methyl sites for hydroxylation is 1. The molecule has 2 aromatic carbocycles. The number of rotatable bonds is 5. The van der Waals surface area contributed by atoms with E-state index in [0.29, 0.717) is 24.6 Å². The number of likely N-dealkylation sites (tertiary alicyclic amines) is 1. The molecule has 1 aliphatic heterocycles. The maximum Gasteiger partial charge on any atom is 0.243 e. The van der Waals surface area contributed by atoms with Gasteiger partial charge in [0, 0.05) is 13.0 Å². The first-order chi connectivity index (χ1) is 15.6. The molecule has 7 heteroatoms. The van der Waals surface area contributed by atoms with Crippen LogP contribution in [0.5, 0.6) is 0 Å². The van der Waals surface area contributed by atoms with Gasteiger partial charge in [0.1, 0.15) is 30.0 Å². The minimum atomic E-state index is -0.260. The molecule has 164 valence electrons. The largest absolute Gasteiger partial charge is 0.443 e. The van der Waals surface area contributed by atoms with Gasteiger partial charge in [0.25, 0.3) is 0 Å². The highest BCUT2D eigenvalue weighted by Gasteiger charge is 2.31. The minimum absolute atomic E-state index is 0.0410. The summed E-state index contributed by atoms with van der Waals surface area (Å²) in [5.41, 5.74) is 2.81. The van der Waals surface area contributed by atoms with Gasteiger partial charge in [-0.1, -0.05) is 24.3 Å². The van der Waals surface area contributed by atoms with E-state index < -0.39 is 0 Å². The second kappa shape index (κ2) is 8.57. The van der Waals surface area contributed by atoms with Gasteiger partial charge in [-0.2, -0.15) is 0 Å². The van der Waals surface area contributed by atoms with Crippen LogP contribution in [-0.4, -0.2) is 31.9 Å². The molecule has 2 aromatic heterocycles. The Hall–Kier alpha value is -3.48. The highest BCUT2D eigenvalue weighted by molar-refractivity contribution is 5.81. The molecule has 1 amide bonds. The second-order valence-electron chi connectivity index (χ2n) is 8.30. The average Bonchev–Trinajstić information content (AvgIpc) is 3.39. The van der Waals surface area contributed by atoms with Crippen LogP contribution in [-0.2, 0) is 17.8 Å². The van der Waals surface area contributed by atoms with Gasteiger partial charge in [-0.3, -0.25) is 4.79 Å². The Morgan fingerprint density at radius 1 is 1.16 bits per heavy atom. The van der Waals surface area contributed by atoms with Crippen LogP contribution in [0.25, 0.3) is 11.0 Å². The van der Waals surface area contributed by atoms with E-state index in [1.54, 1.807) is 18.3 Å². The molecule has 32 heavy (non-hydrogen) atoms. The number of amides is 1. The Kier molecular flexibility index (Phi) is 5.47. The number of para-hydroxylation sites is 2. The van der Waals surface area contributed by atoms with Gasteiger partial charge >= 0.3 is 0 Å². The number of imidazole rings is 1. The third-order valence-electron chi connectivity index (χ3n) is 6.11. The van der Waals surface area contributed by atoms with Crippen LogP contribution in [0.3, 0.4) is 0 Å². The molecule has 5 rings (SSSR count). The Morgan fingerprint density at radius 3 is 2.81 bits per heavy atom. The molecular formula is C25H25FN4O2. The molecule has 0 radical (unpaired) electrons. The normalized spacial score (nSPS) is 16.6. The molecule has 0 bridgehead atoms. The van der Waals surface area contributed by atoms with E-state index in [1.807, 2.05) is 40.7 Å². The van der Waals surface area contributed by atoms with Crippen molar-refractivity contribution in [2.24, 2.45) is 0 Å². The lowest BCUT2D eigenvalue weighted by Gasteiger charge is -2.34. The number of halogens is 1. The summed E-state index contributed by atoms with van der Waals surface area (Å²) in [5, 5.41) is 0. The smallest absolute Gasteiger partial charge is 0.243 e. The molecule has 1 aliphatic rings. The number of nitrogens with zero attached hydrogens (tertiary/aromatic N) is 4. The van der Waals surface area contributed by atoms with E-state index in [-0.39, 0.29) is 24.3 Å². The van der Waals surface area contributed by atoms with Gasteiger partial charge < -0.3 is 13.9 Å². The fraction of sp³-hybridized carbons (Fsp3) is 0.320. The molecule has 3 heterocycles. The van der Waals surface area contributed by atoms with E-state index in [1.165, 1.54) is 12.1 Å². The Bertz CT molecular complexity index is 1240. The predicted molar refractivity (Wildman–Crippen MR) is 118 cm³/mol. The zero-order chi connectivity index (χ0) is 22.1. The SMILES string of the molecule is Cc1nc2ccccc2n1CC(=O)N1CCCC[C@H]1c1ncc(Cc2ccc(F)cc2)o1. The van der Waals surface area contributed by atoms with Gasteiger partial charge in [-0.05, 0) is 56.0 Å². The third-order valence-corrected chi connectivity index (χ3v) is 6.11. The summed E-state index contributed by atoms with van der Waals surface area (Å²) in [6.45, 7) is 2.85. The van der Waals surface area contributed by atoms with Crippen molar-refractivity contribution in [3.8, 4) is 0 Å². The van der Waals surface area contributed by atoms with Crippen molar-refractivity contribution in [2.45, 2.75) is 45.2 Å². The summed E-state index contributed by atoms with van der Waals surface area (Å²) in [5.74, 6) is 1.89. The molecule has 0 aliphatic carbocycles. The van der Waals surface area contributed by atoms with Crippen molar-refractivity contribution in [3.63, 3.8) is 0 Å². The number of hydrogen-bond donors (Lipinski definition) is 0. The summed E-state index contributed by atoms with van der Waals surface area (Å²) in [4.78, 5) is 24.3. The van der Waals surface area contributed by atoms with E-state index >= 15 is 0 Å². The molecule has 0 unspecified atom stereocenters. The topological polar surface area (TPSA) is 64.2 Å². The van der Waals surface area contributed by atoms with Gasteiger partial charge in [0.05, 0.1) is 17.2 Å². The number of benzene rings is 2. The van der Waals surface area contributed by atoms with E-state index in [9.17, 15) is 9.18 Å². The van der Waals surface area contributed by atoms with E-state index in [4.69, 9.17) is 4.42 Å². The molecule has 0 N–H and O–H groups in total. The van der Waals surface area contributed by atoms with Crippen molar-refractivity contribution in [3.05, 3.63) is 83.6 Å². The lowest BCUT2D eigenvalue weighted by atomic mass is 10.0. The lowest BCUT2D eigenvalue weighted by molar-refractivity contribution is -0.136. The van der Waals surface area contributed by atoms with Crippen LogP contribution < -0.4 is 0 Å². The van der Waals surface area contributed by atoms with Crippen LogP contribution in [0, 0.1) is 12.7 Å².